The first kappa shape index (κ1) is 17.9. The van der Waals surface area contributed by atoms with Crippen molar-refractivity contribution in [3.05, 3.63) is 24.3 Å². The maximum atomic E-state index is 12.8. The molecular formula is C19H24N4O4. The normalized spacial score (nSPS) is 21.2. The van der Waals surface area contributed by atoms with Crippen molar-refractivity contribution in [2.75, 3.05) is 30.0 Å². The van der Waals surface area contributed by atoms with Crippen molar-refractivity contribution in [1.82, 2.24) is 4.90 Å². The maximum absolute atomic E-state index is 12.8. The minimum absolute atomic E-state index is 0.0803. The van der Waals surface area contributed by atoms with Gasteiger partial charge in [-0.25, -0.2) is 0 Å². The lowest BCUT2D eigenvalue weighted by atomic mass is 10.1. The molecule has 8 nitrogen and oxygen atoms in total. The van der Waals surface area contributed by atoms with E-state index < -0.39 is 17.9 Å². The van der Waals surface area contributed by atoms with E-state index in [2.05, 4.69) is 5.32 Å². The number of hydrogen-bond acceptors (Lipinski definition) is 5. The molecule has 1 heterocycles. The summed E-state index contributed by atoms with van der Waals surface area (Å²) in [5, 5.41) is 2.80. The molecule has 0 unspecified atom stereocenters. The number of nitrogens with two attached hydrogens (primary N) is 1. The molecule has 2 saturated carbocycles. The summed E-state index contributed by atoms with van der Waals surface area (Å²) in [4.78, 5) is 40.3. The molecule has 3 aliphatic rings. The number of amides is 3. The van der Waals surface area contributed by atoms with E-state index in [1.54, 1.807) is 29.2 Å². The van der Waals surface area contributed by atoms with E-state index in [9.17, 15) is 14.4 Å². The zero-order valence-corrected chi connectivity index (χ0v) is 15.1. The Morgan fingerprint density at radius 2 is 1.78 bits per heavy atom. The summed E-state index contributed by atoms with van der Waals surface area (Å²) >= 11 is 0. The summed E-state index contributed by atoms with van der Waals surface area (Å²) in [6, 6.07) is 6.64. The van der Waals surface area contributed by atoms with E-state index in [1.807, 2.05) is 4.90 Å². The Balaban J connectivity index is 1.44. The maximum Gasteiger partial charge on any atom is 0.253 e. The molecule has 2 aliphatic carbocycles. The number of nitrogens with zero attached hydrogens (tertiary/aromatic N) is 2. The smallest absolute Gasteiger partial charge is 0.253 e. The molecule has 3 amide bonds. The first-order valence-electron chi connectivity index (χ1n) is 9.40. The van der Waals surface area contributed by atoms with Gasteiger partial charge < -0.3 is 20.7 Å². The average Bonchev–Trinajstić information content (AvgIpc) is 3.55. The van der Waals surface area contributed by atoms with Crippen molar-refractivity contribution in [3.8, 4) is 0 Å². The number of hydrogen-bond donors (Lipinski definition) is 2. The van der Waals surface area contributed by atoms with Crippen LogP contribution < -0.4 is 16.0 Å². The fourth-order valence-corrected chi connectivity index (χ4v) is 3.60. The van der Waals surface area contributed by atoms with E-state index >= 15 is 0 Å². The molecular weight excluding hydrogens is 348 g/mol. The number of morpholine rings is 1. The Labute approximate surface area is 157 Å². The van der Waals surface area contributed by atoms with Gasteiger partial charge in [0.1, 0.15) is 6.61 Å². The van der Waals surface area contributed by atoms with Crippen molar-refractivity contribution in [1.29, 1.82) is 0 Å². The van der Waals surface area contributed by atoms with Crippen LogP contribution in [0.4, 0.5) is 11.4 Å². The van der Waals surface area contributed by atoms with Crippen LogP contribution in [0.15, 0.2) is 24.3 Å². The molecule has 27 heavy (non-hydrogen) atoms. The predicted octanol–water partition coefficient (Wildman–Crippen LogP) is 0.469. The van der Waals surface area contributed by atoms with Gasteiger partial charge in [0, 0.05) is 30.0 Å². The summed E-state index contributed by atoms with van der Waals surface area (Å²) < 4.78 is 5.13. The molecule has 4 rings (SSSR count). The molecule has 8 heteroatoms. The Bertz CT molecular complexity index is 731. The second kappa shape index (κ2) is 7.28. The summed E-state index contributed by atoms with van der Waals surface area (Å²) in [6.45, 7) is 1.09. The van der Waals surface area contributed by atoms with Crippen LogP contribution >= 0.6 is 0 Å². The van der Waals surface area contributed by atoms with Crippen LogP contribution in [0.3, 0.4) is 0 Å². The lowest BCUT2D eigenvalue weighted by molar-refractivity contribution is -0.133. The van der Waals surface area contributed by atoms with Crippen LogP contribution in [0.5, 0.6) is 0 Å². The molecule has 1 aliphatic heterocycles. The van der Waals surface area contributed by atoms with Gasteiger partial charge in [0.25, 0.3) is 11.8 Å². The Kier molecular flexibility index (Phi) is 4.84. The van der Waals surface area contributed by atoms with Crippen molar-refractivity contribution in [2.24, 2.45) is 5.73 Å². The van der Waals surface area contributed by atoms with E-state index in [1.165, 1.54) is 0 Å². The molecule has 0 radical (unpaired) electrons. The third-order valence-electron chi connectivity index (χ3n) is 5.19. The number of nitrogens with one attached hydrogen (secondary N) is 1. The van der Waals surface area contributed by atoms with Crippen LogP contribution in [-0.2, 0) is 19.1 Å². The number of anilines is 2. The van der Waals surface area contributed by atoms with Gasteiger partial charge in [-0.2, -0.15) is 0 Å². The average molecular weight is 372 g/mol. The van der Waals surface area contributed by atoms with Gasteiger partial charge >= 0.3 is 0 Å². The number of rotatable bonds is 7. The standard InChI is InChI=1S/C19H24N4O4/c20-18(25)17(23(14-5-6-14)15-7-8-15)19(26)21-12-1-3-13(4-2-12)22-9-10-27-11-16(22)24/h1-4,14-15,17H,5-11H2,(H2,20,25)(H,21,26)/t17-/m0/s1. The topological polar surface area (TPSA) is 105 Å². The number of carbonyl (C=O) groups excluding carboxylic acids is 3. The number of ether oxygens (including phenoxy) is 1. The van der Waals surface area contributed by atoms with Crippen LogP contribution in [0.1, 0.15) is 25.7 Å². The minimum atomic E-state index is -0.939. The lowest BCUT2D eigenvalue weighted by Crippen LogP contribution is -2.54. The molecule has 0 bridgehead atoms. The van der Waals surface area contributed by atoms with E-state index in [0.717, 1.165) is 31.4 Å². The highest BCUT2D eigenvalue weighted by molar-refractivity contribution is 6.09. The van der Waals surface area contributed by atoms with Gasteiger partial charge in [-0.1, -0.05) is 0 Å². The number of benzene rings is 1. The predicted molar refractivity (Wildman–Crippen MR) is 99.1 cm³/mol. The van der Waals surface area contributed by atoms with Gasteiger partial charge in [0.15, 0.2) is 6.04 Å². The summed E-state index contributed by atoms with van der Waals surface area (Å²) in [5.74, 6) is -1.09. The highest BCUT2D eigenvalue weighted by Gasteiger charge is 2.47. The first-order chi connectivity index (χ1) is 13.0. The molecule has 0 spiro atoms. The minimum Gasteiger partial charge on any atom is -0.370 e. The highest BCUT2D eigenvalue weighted by Crippen LogP contribution is 2.39. The van der Waals surface area contributed by atoms with Gasteiger partial charge in [-0.3, -0.25) is 19.3 Å². The SMILES string of the molecule is NC(=O)[C@@H](C(=O)Nc1ccc(N2CCOCC2=O)cc1)N(C1CC1)C1CC1. The fourth-order valence-electron chi connectivity index (χ4n) is 3.60. The Hall–Kier alpha value is -2.45. The van der Waals surface area contributed by atoms with E-state index in [0.29, 0.717) is 18.8 Å². The highest BCUT2D eigenvalue weighted by atomic mass is 16.5. The third-order valence-corrected chi connectivity index (χ3v) is 5.19. The molecule has 1 aromatic rings. The third kappa shape index (κ3) is 3.96. The van der Waals surface area contributed by atoms with Gasteiger partial charge in [-0.15, -0.1) is 0 Å². The van der Waals surface area contributed by atoms with Crippen LogP contribution in [0, 0.1) is 0 Å². The zero-order valence-electron chi connectivity index (χ0n) is 15.1. The molecule has 144 valence electrons. The summed E-state index contributed by atoms with van der Waals surface area (Å²) in [6.07, 6.45) is 4.04. The molecule has 3 fully saturated rings. The van der Waals surface area contributed by atoms with Gasteiger partial charge in [0.05, 0.1) is 6.61 Å². The Morgan fingerprint density at radius 1 is 1.15 bits per heavy atom. The zero-order chi connectivity index (χ0) is 19.0. The summed E-state index contributed by atoms with van der Waals surface area (Å²) in [7, 11) is 0. The van der Waals surface area contributed by atoms with E-state index in [-0.39, 0.29) is 24.6 Å². The fraction of sp³-hybridized carbons (Fsp3) is 0.526. The van der Waals surface area contributed by atoms with Crippen molar-refractivity contribution < 1.29 is 19.1 Å². The van der Waals surface area contributed by atoms with Crippen molar-refractivity contribution in [3.63, 3.8) is 0 Å². The van der Waals surface area contributed by atoms with Crippen LogP contribution in [0.25, 0.3) is 0 Å². The first-order valence-corrected chi connectivity index (χ1v) is 9.40. The molecule has 1 atom stereocenters. The Morgan fingerprint density at radius 3 is 2.30 bits per heavy atom. The van der Waals surface area contributed by atoms with Crippen molar-refractivity contribution in [2.45, 2.75) is 43.8 Å². The second-order valence-corrected chi connectivity index (χ2v) is 7.35. The van der Waals surface area contributed by atoms with Gasteiger partial charge in [-0.05, 0) is 49.9 Å². The molecule has 3 N–H and O–H groups in total. The summed E-state index contributed by atoms with van der Waals surface area (Å²) in [5.41, 5.74) is 6.89. The monoisotopic (exact) mass is 372 g/mol. The molecule has 1 saturated heterocycles. The molecule has 1 aromatic carbocycles. The van der Waals surface area contributed by atoms with Crippen molar-refractivity contribution >= 4 is 29.1 Å². The second-order valence-electron chi connectivity index (χ2n) is 7.35. The van der Waals surface area contributed by atoms with E-state index in [4.69, 9.17) is 10.5 Å². The molecule has 0 aromatic heterocycles. The van der Waals surface area contributed by atoms with Crippen LogP contribution in [0.2, 0.25) is 0 Å². The lowest BCUT2D eigenvalue weighted by Gasteiger charge is -2.29. The largest absolute Gasteiger partial charge is 0.370 e. The van der Waals surface area contributed by atoms with Gasteiger partial charge in [0.2, 0.25) is 5.91 Å². The number of carbonyl (C=O) groups is 3. The quantitative estimate of drug-likeness (QED) is 0.677. The van der Waals surface area contributed by atoms with Crippen LogP contribution in [-0.4, -0.2) is 60.5 Å². The number of primary amides is 1.